The number of aldehydes is 1. The third-order valence-electron chi connectivity index (χ3n) is 1.98. The van der Waals surface area contributed by atoms with E-state index in [4.69, 9.17) is 11.6 Å². The number of pyridine rings is 1. The molecule has 1 aromatic carbocycles. The van der Waals surface area contributed by atoms with Crippen molar-refractivity contribution in [3.63, 3.8) is 0 Å². The van der Waals surface area contributed by atoms with Crippen LogP contribution in [0.2, 0.25) is 5.02 Å². The van der Waals surface area contributed by atoms with Gasteiger partial charge in [-0.05, 0) is 12.1 Å². The number of rotatable bonds is 1. The maximum Gasteiger partial charge on any atom is 0.160 e. The predicted octanol–water partition coefficient (Wildman–Crippen LogP) is 2.41. The molecular formula is C10H6ClNO2. The Labute approximate surface area is 85.0 Å². The fraction of sp³-hybridized carbons (Fsp3) is 0. The van der Waals surface area contributed by atoms with E-state index in [1.807, 2.05) is 0 Å². The van der Waals surface area contributed by atoms with E-state index in [1.54, 1.807) is 12.1 Å². The first-order valence-electron chi connectivity index (χ1n) is 3.95. The molecule has 0 bridgehead atoms. The summed E-state index contributed by atoms with van der Waals surface area (Å²) in [7, 11) is 0. The number of hydrogen-bond acceptors (Lipinski definition) is 3. The molecule has 0 amide bonds. The molecule has 1 N–H and O–H groups in total. The largest absolute Gasteiger partial charge is 0.504 e. The van der Waals surface area contributed by atoms with Gasteiger partial charge in [0.15, 0.2) is 12.0 Å². The van der Waals surface area contributed by atoms with Crippen LogP contribution < -0.4 is 0 Å². The lowest BCUT2D eigenvalue weighted by Crippen LogP contribution is -1.87. The Balaban J connectivity index is 2.96. The highest BCUT2D eigenvalue weighted by atomic mass is 35.5. The van der Waals surface area contributed by atoms with Gasteiger partial charge in [-0.1, -0.05) is 17.7 Å². The third-order valence-corrected chi connectivity index (χ3v) is 2.27. The topological polar surface area (TPSA) is 50.2 Å². The van der Waals surface area contributed by atoms with Crippen LogP contribution in [0, 0.1) is 0 Å². The van der Waals surface area contributed by atoms with Crippen LogP contribution in [0.1, 0.15) is 10.4 Å². The highest BCUT2D eigenvalue weighted by Gasteiger charge is 2.09. The van der Waals surface area contributed by atoms with Crippen molar-refractivity contribution in [3.05, 3.63) is 35.0 Å². The summed E-state index contributed by atoms with van der Waals surface area (Å²) in [5.74, 6) is -0.0899. The molecule has 2 rings (SSSR count). The molecule has 0 aliphatic heterocycles. The van der Waals surface area contributed by atoms with E-state index in [0.717, 1.165) is 0 Å². The molecule has 0 aliphatic rings. The van der Waals surface area contributed by atoms with E-state index >= 15 is 0 Å². The summed E-state index contributed by atoms with van der Waals surface area (Å²) in [6.07, 6.45) is 2.22. The summed E-state index contributed by atoms with van der Waals surface area (Å²) in [6.45, 7) is 0. The molecule has 0 aliphatic carbocycles. The standard InChI is InChI=1S/C10H6ClNO2/c11-8-4-6(5-13)7-2-1-3-12-9(7)10(8)14/h1-5,14H. The molecule has 70 valence electrons. The van der Waals surface area contributed by atoms with Gasteiger partial charge in [0.25, 0.3) is 0 Å². The predicted molar refractivity (Wildman–Crippen MR) is 53.8 cm³/mol. The van der Waals surface area contributed by atoms with Crippen LogP contribution >= 0.6 is 11.6 Å². The van der Waals surface area contributed by atoms with Gasteiger partial charge >= 0.3 is 0 Å². The molecule has 0 radical (unpaired) electrons. The molecule has 1 aromatic heterocycles. The van der Waals surface area contributed by atoms with Gasteiger partial charge in [-0.2, -0.15) is 0 Å². The number of carbonyl (C=O) groups is 1. The van der Waals surface area contributed by atoms with Gasteiger partial charge in [-0.15, -0.1) is 0 Å². The molecular weight excluding hydrogens is 202 g/mol. The average Bonchev–Trinajstić information content (AvgIpc) is 2.23. The van der Waals surface area contributed by atoms with Crippen LogP contribution in [0.25, 0.3) is 10.9 Å². The van der Waals surface area contributed by atoms with Crippen LogP contribution in [0.15, 0.2) is 24.4 Å². The minimum absolute atomic E-state index is 0.0899. The van der Waals surface area contributed by atoms with E-state index in [-0.39, 0.29) is 10.8 Å². The Kier molecular flexibility index (Phi) is 2.09. The molecule has 0 saturated carbocycles. The summed E-state index contributed by atoms with van der Waals surface area (Å²) < 4.78 is 0. The lowest BCUT2D eigenvalue weighted by Gasteiger charge is -2.03. The number of phenolic OH excluding ortho intramolecular Hbond substituents is 1. The normalized spacial score (nSPS) is 10.4. The summed E-state index contributed by atoms with van der Waals surface area (Å²) in [5.41, 5.74) is 0.776. The smallest absolute Gasteiger partial charge is 0.160 e. The molecule has 0 atom stereocenters. The fourth-order valence-corrected chi connectivity index (χ4v) is 1.53. The average molecular weight is 208 g/mol. The zero-order valence-corrected chi connectivity index (χ0v) is 7.82. The molecule has 3 nitrogen and oxygen atoms in total. The Bertz CT molecular complexity index is 511. The number of nitrogens with zero attached hydrogens (tertiary/aromatic N) is 1. The molecule has 4 heteroatoms. The van der Waals surface area contributed by atoms with Gasteiger partial charge in [-0.25, -0.2) is 0 Å². The highest BCUT2D eigenvalue weighted by Crippen LogP contribution is 2.32. The van der Waals surface area contributed by atoms with Gasteiger partial charge in [0.2, 0.25) is 0 Å². The maximum atomic E-state index is 10.7. The second-order valence-corrected chi connectivity index (χ2v) is 3.22. The number of hydrogen-bond donors (Lipinski definition) is 1. The SMILES string of the molecule is O=Cc1cc(Cl)c(O)c2ncccc12. The molecule has 0 saturated heterocycles. The van der Waals surface area contributed by atoms with E-state index in [1.165, 1.54) is 12.3 Å². The van der Waals surface area contributed by atoms with Crippen LogP contribution in [-0.4, -0.2) is 16.4 Å². The Morgan fingerprint density at radius 2 is 2.29 bits per heavy atom. The number of aromatic nitrogens is 1. The van der Waals surface area contributed by atoms with Crippen molar-refractivity contribution < 1.29 is 9.90 Å². The zero-order chi connectivity index (χ0) is 10.1. The summed E-state index contributed by atoms with van der Waals surface area (Å²) in [6, 6.07) is 4.83. The number of aromatic hydroxyl groups is 1. The van der Waals surface area contributed by atoms with E-state index < -0.39 is 0 Å². The number of benzene rings is 1. The van der Waals surface area contributed by atoms with Crippen molar-refractivity contribution in [3.8, 4) is 5.75 Å². The molecule has 0 spiro atoms. The Morgan fingerprint density at radius 3 is 3.00 bits per heavy atom. The minimum atomic E-state index is -0.0899. The van der Waals surface area contributed by atoms with Crippen LogP contribution in [0.5, 0.6) is 5.75 Å². The van der Waals surface area contributed by atoms with E-state index in [2.05, 4.69) is 4.98 Å². The van der Waals surface area contributed by atoms with Gasteiger partial charge in [0.1, 0.15) is 5.52 Å². The van der Waals surface area contributed by atoms with Gasteiger partial charge in [0.05, 0.1) is 5.02 Å². The number of carbonyl (C=O) groups excluding carboxylic acids is 1. The quantitative estimate of drug-likeness (QED) is 0.731. The number of phenols is 1. The zero-order valence-electron chi connectivity index (χ0n) is 7.07. The van der Waals surface area contributed by atoms with Crippen molar-refractivity contribution in [1.82, 2.24) is 4.98 Å². The van der Waals surface area contributed by atoms with Crippen molar-refractivity contribution in [2.75, 3.05) is 0 Å². The minimum Gasteiger partial charge on any atom is -0.504 e. The Hall–Kier alpha value is -1.61. The van der Waals surface area contributed by atoms with Crippen molar-refractivity contribution >= 4 is 28.8 Å². The highest BCUT2D eigenvalue weighted by molar-refractivity contribution is 6.33. The van der Waals surface area contributed by atoms with Crippen molar-refractivity contribution in [2.24, 2.45) is 0 Å². The fourth-order valence-electron chi connectivity index (χ4n) is 1.32. The van der Waals surface area contributed by atoms with Crippen LogP contribution in [0.4, 0.5) is 0 Å². The number of fused-ring (bicyclic) bond motifs is 1. The Morgan fingerprint density at radius 1 is 1.50 bits per heavy atom. The lowest BCUT2D eigenvalue weighted by atomic mass is 10.1. The molecule has 0 fully saturated rings. The lowest BCUT2D eigenvalue weighted by molar-refractivity contribution is 0.112. The van der Waals surface area contributed by atoms with Gasteiger partial charge in [0, 0.05) is 17.1 Å². The molecule has 1 heterocycles. The van der Waals surface area contributed by atoms with Crippen LogP contribution in [0.3, 0.4) is 0 Å². The monoisotopic (exact) mass is 207 g/mol. The molecule has 0 unspecified atom stereocenters. The van der Waals surface area contributed by atoms with E-state index in [0.29, 0.717) is 22.8 Å². The van der Waals surface area contributed by atoms with Crippen molar-refractivity contribution in [2.45, 2.75) is 0 Å². The number of halogens is 1. The van der Waals surface area contributed by atoms with Crippen molar-refractivity contribution in [1.29, 1.82) is 0 Å². The van der Waals surface area contributed by atoms with Gasteiger partial charge < -0.3 is 5.11 Å². The molecule has 14 heavy (non-hydrogen) atoms. The second kappa shape index (κ2) is 3.27. The first kappa shape index (κ1) is 8.97. The van der Waals surface area contributed by atoms with Gasteiger partial charge in [-0.3, -0.25) is 9.78 Å². The molecule has 2 aromatic rings. The summed E-state index contributed by atoms with van der Waals surface area (Å²) in [4.78, 5) is 14.7. The summed E-state index contributed by atoms with van der Waals surface area (Å²) in [5, 5.41) is 10.3. The summed E-state index contributed by atoms with van der Waals surface area (Å²) >= 11 is 5.72. The van der Waals surface area contributed by atoms with E-state index in [9.17, 15) is 9.90 Å². The van der Waals surface area contributed by atoms with Crippen LogP contribution in [-0.2, 0) is 0 Å². The first-order valence-corrected chi connectivity index (χ1v) is 4.33. The first-order chi connectivity index (χ1) is 6.74. The maximum absolute atomic E-state index is 10.7. The third kappa shape index (κ3) is 1.22. The second-order valence-electron chi connectivity index (χ2n) is 2.81.